The largest absolute Gasteiger partial charge is 0.472 e. The Kier molecular flexibility index (Phi) is 5.42. The van der Waals surface area contributed by atoms with Gasteiger partial charge < -0.3 is 9.64 Å². The Labute approximate surface area is 173 Å². The van der Waals surface area contributed by atoms with Crippen LogP contribution in [0.2, 0.25) is 5.02 Å². The lowest BCUT2D eigenvalue weighted by molar-refractivity contribution is -0.136. The monoisotopic (exact) mass is 448 g/mol. The van der Waals surface area contributed by atoms with E-state index in [-0.39, 0.29) is 12.0 Å². The Bertz CT molecular complexity index is 804. The molecule has 0 radical (unpaired) electrons. The fourth-order valence-electron chi connectivity index (χ4n) is 4.29. The standard InChI is InChI=1S/C21H22BrClN2O2/c22-16-5-8-19(24-13-16)27-18-9-12-25(14-18)20(26)21(10-1-2-11-21)15-3-6-17(23)7-4-15/h3-8,13,18H,1-2,9-12,14H2. The lowest BCUT2D eigenvalue weighted by Crippen LogP contribution is -2.45. The van der Waals surface area contributed by atoms with Crippen LogP contribution in [0.4, 0.5) is 0 Å². The summed E-state index contributed by atoms with van der Waals surface area (Å²) < 4.78 is 6.91. The molecule has 4 rings (SSSR count). The molecule has 2 aromatic rings. The predicted octanol–water partition coefficient (Wildman–Crippen LogP) is 4.99. The number of carbonyl (C=O) groups is 1. The molecule has 1 aromatic heterocycles. The van der Waals surface area contributed by atoms with Crippen LogP contribution in [0, 0.1) is 0 Å². The number of pyridine rings is 1. The molecule has 0 bridgehead atoms. The van der Waals surface area contributed by atoms with Crippen LogP contribution in [0.15, 0.2) is 47.1 Å². The smallest absolute Gasteiger partial charge is 0.233 e. The van der Waals surface area contributed by atoms with Gasteiger partial charge >= 0.3 is 0 Å². The molecule has 1 saturated heterocycles. The minimum atomic E-state index is -0.407. The summed E-state index contributed by atoms with van der Waals surface area (Å²) in [4.78, 5) is 19.8. The summed E-state index contributed by atoms with van der Waals surface area (Å²) in [7, 11) is 0. The molecule has 1 saturated carbocycles. The maximum atomic E-state index is 13.5. The average molecular weight is 450 g/mol. The molecule has 1 aliphatic carbocycles. The van der Waals surface area contributed by atoms with Gasteiger partial charge in [0.25, 0.3) is 0 Å². The lowest BCUT2D eigenvalue weighted by atomic mass is 9.77. The van der Waals surface area contributed by atoms with Gasteiger partial charge in [-0.1, -0.05) is 36.6 Å². The molecule has 4 nitrogen and oxygen atoms in total. The van der Waals surface area contributed by atoms with E-state index in [4.69, 9.17) is 16.3 Å². The molecule has 142 valence electrons. The molecule has 1 unspecified atom stereocenters. The quantitative estimate of drug-likeness (QED) is 0.660. The van der Waals surface area contributed by atoms with Gasteiger partial charge in [0.2, 0.25) is 11.8 Å². The second kappa shape index (κ2) is 7.80. The number of rotatable bonds is 4. The van der Waals surface area contributed by atoms with Gasteiger partial charge in [-0.3, -0.25) is 4.79 Å². The summed E-state index contributed by atoms with van der Waals surface area (Å²) in [6.07, 6.45) is 6.54. The molecular weight excluding hydrogens is 428 g/mol. The number of halogens is 2. The highest BCUT2D eigenvalue weighted by Gasteiger charge is 2.46. The van der Waals surface area contributed by atoms with E-state index in [1.54, 1.807) is 6.20 Å². The predicted molar refractivity (Wildman–Crippen MR) is 109 cm³/mol. The first-order valence-electron chi connectivity index (χ1n) is 9.40. The van der Waals surface area contributed by atoms with Crippen molar-refractivity contribution in [1.29, 1.82) is 0 Å². The number of carbonyl (C=O) groups excluding carboxylic acids is 1. The highest BCUT2D eigenvalue weighted by Crippen LogP contribution is 2.43. The van der Waals surface area contributed by atoms with Crippen LogP contribution < -0.4 is 4.74 Å². The number of nitrogens with zero attached hydrogens (tertiary/aromatic N) is 2. The zero-order valence-electron chi connectivity index (χ0n) is 15.0. The van der Waals surface area contributed by atoms with Crippen LogP contribution in [0.5, 0.6) is 5.88 Å². The molecule has 2 fully saturated rings. The Morgan fingerprint density at radius 3 is 2.59 bits per heavy atom. The minimum Gasteiger partial charge on any atom is -0.472 e. The zero-order chi connectivity index (χ0) is 18.9. The fourth-order valence-corrected chi connectivity index (χ4v) is 4.65. The first-order valence-corrected chi connectivity index (χ1v) is 10.6. The fraction of sp³-hybridized carbons (Fsp3) is 0.429. The second-order valence-corrected chi connectivity index (χ2v) is 8.74. The van der Waals surface area contributed by atoms with Crippen LogP contribution in [0.25, 0.3) is 0 Å². The van der Waals surface area contributed by atoms with Crippen molar-refractivity contribution in [2.24, 2.45) is 0 Å². The molecule has 1 atom stereocenters. The summed E-state index contributed by atoms with van der Waals surface area (Å²) in [6, 6.07) is 11.6. The second-order valence-electron chi connectivity index (χ2n) is 7.39. The highest BCUT2D eigenvalue weighted by atomic mass is 79.9. The van der Waals surface area contributed by atoms with E-state index in [1.807, 2.05) is 41.3 Å². The first kappa shape index (κ1) is 18.8. The van der Waals surface area contributed by atoms with Crippen LogP contribution >= 0.6 is 27.5 Å². The number of ether oxygens (including phenoxy) is 1. The normalized spacial score (nSPS) is 21.4. The average Bonchev–Trinajstić information content (AvgIpc) is 3.34. The topological polar surface area (TPSA) is 42.4 Å². The van der Waals surface area contributed by atoms with Crippen LogP contribution in [0.3, 0.4) is 0 Å². The van der Waals surface area contributed by atoms with E-state index in [1.165, 1.54) is 0 Å². The van der Waals surface area contributed by atoms with E-state index in [9.17, 15) is 4.79 Å². The van der Waals surface area contributed by atoms with Crippen molar-refractivity contribution >= 4 is 33.4 Å². The maximum absolute atomic E-state index is 13.5. The molecule has 27 heavy (non-hydrogen) atoms. The molecule has 6 heteroatoms. The summed E-state index contributed by atoms with van der Waals surface area (Å²) in [5.41, 5.74) is 0.684. The summed E-state index contributed by atoms with van der Waals surface area (Å²) in [5.74, 6) is 0.836. The number of hydrogen-bond donors (Lipinski definition) is 0. The first-order chi connectivity index (χ1) is 13.1. The summed E-state index contributed by atoms with van der Waals surface area (Å²) in [5, 5.41) is 0.705. The number of aromatic nitrogens is 1. The van der Waals surface area contributed by atoms with Gasteiger partial charge in [-0.05, 0) is 52.5 Å². The van der Waals surface area contributed by atoms with Gasteiger partial charge in [-0.15, -0.1) is 0 Å². The lowest BCUT2D eigenvalue weighted by Gasteiger charge is -2.33. The summed E-state index contributed by atoms with van der Waals surface area (Å²) >= 11 is 9.43. The molecule has 1 amide bonds. The third-order valence-corrected chi connectivity index (χ3v) is 6.40. The molecule has 1 aliphatic heterocycles. The minimum absolute atomic E-state index is 0.00806. The van der Waals surface area contributed by atoms with Crippen molar-refractivity contribution in [2.45, 2.75) is 43.6 Å². The molecule has 0 N–H and O–H groups in total. The SMILES string of the molecule is O=C(N1CCC(Oc2ccc(Br)cn2)C1)C1(c2ccc(Cl)cc2)CCCC1. The number of likely N-dealkylation sites (tertiary alicyclic amines) is 1. The van der Waals surface area contributed by atoms with Gasteiger partial charge in [-0.2, -0.15) is 0 Å². The zero-order valence-corrected chi connectivity index (χ0v) is 17.4. The molecule has 2 aliphatic rings. The highest BCUT2D eigenvalue weighted by molar-refractivity contribution is 9.10. The van der Waals surface area contributed by atoms with Gasteiger partial charge in [0.05, 0.1) is 12.0 Å². The third-order valence-electron chi connectivity index (χ3n) is 5.68. The number of hydrogen-bond acceptors (Lipinski definition) is 3. The third kappa shape index (κ3) is 3.85. The van der Waals surface area contributed by atoms with Crippen molar-refractivity contribution in [3.63, 3.8) is 0 Å². The van der Waals surface area contributed by atoms with Gasteiger partial charge in [0.1, 0.15) is 6.10 Å². The Morgan fingerprint density at radius 2 is 1.93 bits per heavy atom. The van der Waals surface area contributed by atoms with Crippen molar-refractivity contribution < 1.29 is 9.53 Å². The van der Waals surface area contributed by atoms with Crippen molar-refractivity contribution in [1.82, 2.24) is 9.88 Å². The molecule has 0 spiro atoms. The Balaban J connectivity index is 1.48. The van der Waals surface area contributed by atoms with Gasteiger partial charge in [0.15, 0.2) is 0 Å². The Morgan fingerprint density at radius 1 is 1.19 bits per heavy atom. The number of amides is 1. The van der Waals surface area contributed by atoms with E-state index >= 15 is 0 Å². The summed E-state index contributed by atoms with van der Waals surface area (Å²) in [6.45, 7) is 1.35. The molecule has 2 heterocycles. The van der Waals surface area contributed by atoms with E-state index < -0.39 is 5.41 Å². The van der Waals surface area contributed by atoms with Crippen molar-refractivity contribution in [3.8, 4) is 5.88 Å². The molecular formula is C21H22BrClN2O2. The maximum Gasteiger partial charge on any atom is 0.233 e. The van der Waals surface area contributed by atoms with Gasteiger partial charge in [0, 0.05) is 34.7 Å². The van der Waals surface area contributed by atoms with Crippen LogP contribution in [-0.2, 0) is 10.2 Å². The van der Waals surface area contributed by atoms with E-state index in [2.05, 4.69) is 20.9 Å². The number of benzene rings is 1. The van der Waals surface area contributed by atoms with Crippen molar-refractivity contribution in [3.05, 3.63) is 57.7 Å². The Hall–Kier alpha value is -1.59. The van der Waals surface area contributed by atoms with E-state index in [0.717, 1.165) is 48.7 Å². The molecule has 1 aromatic carbocycles. The van der Waals surface area contributed by atoms with Crippen LogP contribution in [-0.4, -0.2) is 35.0 Å². The van der Waals surface area contributed by atoms with Gasteiger partial charge in [-0.25, -0.2) is 4.98 Å². The van der Waals surface area contributed by atoms with Crippen molar-refractivity contribution in [2.75, 3.05) is 13.1 Å². The van der Waals surface area contributed by atoms with E-state index in [0.29, 0.717) is 17.4 Å². The van der Waals surface area contributed by atoms with Crippen LogP contribution in [0.1, 0.15) is 37.7 Å².